The molecule has 1 aromatic rings. The van der Waals surface area contributed by atoms with E-state index < -0.39 is 11.6 Å². The summed E-state index contributed by atoms with van der Waals surface area (Å²) < 4.78 is 33.2. The number of esters is 1. The molecule has 1 aliphatic rings. The lowest BCUT2D eigenvalue weighted by atomic mass is 9.96. The van der Waals surface area contributed by atoms with Crippen molar-refractivity contribution < 1.29 is 23.1 Å². The maximum atomic E-state index is 14.1. The summed E-state index contributed by atoms with van der Waals surface area (Å²) in [7, 11) is 0. The summed E-state index contributed by atoms with van der Waals surface area (Å²) in [5, 5.41) is 0. The van der Waals surface area contributed by atoms with Crippen molar-refractivity contribution in [3.05, 3.63) is 29.3 Å². The third-order valence-corrected chi connectivity index (χ3v) is 3.85. The van der Waals surface area contributed by atoms with Crippen molar-refractivity contribution >= 4 is 17.4 Å². The minimum Gasteiger partial charge on any atom is -0.466 e. The van der Waals surface area contributed by atoms with Crippen molar-refractivity contribution in [3.8, 4) is 0 Å². The second kappa shape index (κ2) is 6.85. The topological polar surface area (TPSA) is 46.6 Å². The molecule has 120 valence electrons. The minimum absolute atomic E-state index is 0.0140. The molecule has 0 spiro atoms. The van der Waals surface area contributed by atoms with E-state index in [2.05, 4.69) is 0 Å². The molecular weight excluding hydrogens is 292 g/mol. The molecule has 4 nitrogen and oxygen atoms in total. The van der Waals surface area contributed by atoms with Crippen LogP contribution in [0.1, 0.15) is 37.0 Å². The zero-order valence-electron chi connectivity index (χ0n) is 12.7. The Balaban J connectivity index is 2.12. The molecule has 6 heteroatoms. The van der Waals surface area contributed by atoms with Gasteiger partial charge in [-0.3, -0.25) is 9.59 Å². The Labute approximate surface area is 128 Å². The van der Waals surface area contributed by atoms with Crippen LogP contribution in [-0.2, 0) is 9.53 Å². The summed E-state index contributed by atoms with van der Waals surface area (Å²) in [5.74, 6) is -2.36. The Kier molecular flexibility index (Phi) is 5.11. The number of ether oxygens (including phenoxy) is 1. The van der Waals surface area contributed by atoms with Crippen molar-refractivity contribution in [2.24, 2.45) is 5.92 Å². The number of hydrogen-bond donors (Lipinski definition) is 0. The van der Waals surface area contributed by atoms with E-state index in [4.69, 9.17) is 4.74 Å². The lowest BCUT2D eigenvalue weighted by molar-refractivity contribution is -0.148. The highest BCUT2D eigenvalue weighted by Crippen LogP contribution is 2.29. The van der Waals surface area contributed by atoms with Gasteiger partial charge >= 0.3 is 5.97 Å². The average molecular weight is 311 g/mol. The molecule has 0 atom stereocenters. The van der Waals surface area contributed by atoms with Gasteiger partial charge < -0.3 is 9.64 Å². The van der Waals surface area contributed by atoms with Gasteiger partial charge in [0.05, 0.1) is 12.5 Å². The van der Waals surface area contributed by atoms with Gasteiger partial charge in [0, 0.05) is 18.7 Å². The second-order valence-corrected chi connectivity index (χ2v) is 5.36. The number of benzene rings is 1. The number of carbonyl (C=O) groups excluding carboxylic acids is 2. The van der Waals surface area contributed by atoms with E-state index in [1.807, 2.05) is 0 Å². The van der Waals surface area contributed by atoms with Crippen LogP contribution in [0.4, 0.5) is 14.5 Å². The third kappa shape index (κ3) is 3.43. The summed E-state index contributed by atoms with van der Waals surface area (Å²) in [5.41, 5.74) is -0.118. The number of halogens is 2. The largest absolute Gasteiger partial charge is 0.466 e. The summed E-state index contributed by atoms with van der Waals surface area (Å²) in [4.78, 5) is 24.5. The predicted octanol–water partition coefficient (Wildman–Crippen LogP) is 2.95. The van der Waals surface area contributed by atoms with Crippen LogP contribution >= 0.6 is 0 Å². The quantitative estimate of drug-likeness (QED) is 0.633. The van der Waals surface area contributed by atoms with Gasteiger partial charge in [-0.05, 0) is 38.8 Å². The van der Waals surface area contributed by atoms with E-state index in [0.717, 1.165) is 12.1 Å². The zero-order valence-corrected chi connectivity index (χ0v) is 12.7. The fourth-order valence-corrected chi connectivity index (χ4v) is 2.67. The van der Waals surface area contributed by atoms with Crippen LogP contribution in [0.5, 0.6) is 0 Å². The molecular formula is C16H19F2NO3. The molecule has 2 rings (SSSR count). The molecule has 1 aliphatic heterocycles. The predicted molar refractivity (Wildman–Crippen MR) is 77.9 cm³/mol. The minimum atomic E-state index is -0.750. The second-order valence-electron chi connectivity index (χ2n) is 5.36. The number of carbonyl (C=O) groups is 2. The zero-order chi connectivity index (χ0) is 16.3. The van der Waals surface area contributed by atoms with E-state index in [1.165, 1.54) is 6.92 Å². The van der Waals surface area contributed by atoms with Gasteiger partial charge in [0.2, 0.25) is 0 Å². The van der Waals surface area contributed by atoms with E-state index in [-0.39, 0.29) is 28.9 Å². The highest BCUT2D eigenvalue weighted by atomic mass is 19.1. The maximum Gasteiger partial charge on any atom is 0.309 e. The fraction of sp³-hybridized carbons (Fsp3) is 0.500. The Morgan fingerprint density at radius 1 is 1.23 bits per heavy atom. The smallest absolute Gasteiger partial charge is 0.309 e. The Hall–Kier alpha value is -1.98. The lowest BCUT2D eigenvalue weighted by Crippen LogP contribution is -2.38. The third-order valence-electron chi connectivity index (χ3n) is 3.85. The van der Waals surface area contributed by atoms with Gasteiger partial charge in [-0.2, -0.15) is 0 Å². The molecule has 1 heterocycles. The molecule has 1 aromatic carbocycles. The first-order chi connectivity index (χ1) is 10.4. The number of hydrogen-bond acceptors (Lipinski definition) is 4. The van der Waals surface area contributed by atoms with E-state index in [1.54, 1.807) is 11.8 Å². The Morgan fingerprint density at radius 3 is 2.23 bits per heavy atom. The van der Waals surface area contributed by atoms with Gasteiger partial charge in [0.15, 0.2) is 5.78 Å². The highest BCUT2D eigenvalue weighted by Gasteiger charge is 2.28. The first-order valence-corrected chi connectivity index (χ1v) is 7.35. The van der Waals surface area contributed by atoms with Crippen molar-refractivity contribution in [3.63, 3.8) is 0 Å². The van der Waals surface area contributed by atoms with Crippen LogP contribution in [0.15, 0.2) is 12.1 Å². The molecule has 0 bridgehead atoms. The molecule has 0 unspecified atom stereocenters. The van der Waals surface area contributed by atoms with Gasteiger partial charge in [-0.1, -0.05) is 0 Å². The van der Waals surface area contributed by atoms with Crippen molar-refractivity contribution in [1.29, 1.82) is 0 Å². The number of piperidine rings is 1. The van der Waals surface area contributed by atoms with Crippen molar-refractivity contribution in [1.82, 2.24) is 0 Å². The number of ketones is 1. The van der Waals surface area contributed by atoms with Crippen molar-refractivity contribution in [2.45, 2.75) is 26.7 Å². The van der Waals surface area contributed by atoms with Crippen LogP contribution in [-0.4, -0.2) is 31.4 Å². The fourth-order valence-electron chi connectivity index (χ4n) is 2.67. The highest BCUT2D eigenvalue weighted by molar-refractivity contribution is 5.94. The van der Waals surface area contributed by atoms with Gasteiger partial charge in [-0.25, -0.2) is 8.78 Å². The summed E-state index contributed by atoms with van der Waals surface area (Å²) in [6.07, 6.45) is 0.984. The van der Waals surface area contributed by atoms with E-state index in [0.29, 0.717) is 32.5 Å². The molecule has 0 saturated carbocycles. The van der Waals surface area contributed by atoms with Crippen LogP contribution in [0.25, 0.3) is 0 Å². The Morgan fingerprint density at radius 2 is 1.77 bits per heavy atom. The van der Waals surface area contributed by atoms with E-state index >= 15 is 0 Å². The summed E-state index contributed by atoms with van der Waals surface area (Å²) >= 11 is 0. The Bertz CT molecular complexity index is 558. The first-order valence-electron chi connectivity index (χ1n) is 7.35. The standard InChI is InChI=1S/C16H19F2NO3/c1-3-22-16(21)11-4-6-19(7-5-11)15-13(17)8-12(10(2)20)9-14(15)18/h8-9,11H,3-7H2,1-2H3. The molecule has 0 aromatic heterocycles. The maximum absolute atomic E-state index is 14.1. The van der Waals surface area contributed by atoms with Crippen LogP contribution in [0.2, 0.25) is 0 Å². The number of Topliss-reactive ketones (excluding diaryl/α,β-unsaturated/α-hetero) is 1. The summed E-state index contributed by atoms with van der Waals surface area (Å²) in [6, 6.07) is 2.11. The van der Waals surface area contributed by atoms with Gasteiger partial charge in [0.1, 0.15) is 17.3 Å². The molecule has 1 saturated heterocycles. The number of anilines is 1. The van der Waals surface area contributed by atoms with Gasteiger partial charge in [-0.15, -0.1) is 0 Å². The molecule has 0 radical (unpaired) electrons. The normalized spacial score (nSPS) is 15.7. The molecule has 22 heavy (non-hydrogen) atoms. The van der Waals surface area contributed by atoms with Gasteiger partial charge in [0.25, 0.3) is 0 Å². The van der Waals surface area contributed by atoms with Crippen LogP contribution in [0, 0.1) is 17.6 Å². The SMILES string of the molecule is CCOC(=O)C1CCN(c2c(F)cc(C(C)=O)cc2F)CC1. The van der Waals surface area contributed by atoms with Crippen molar-refractivity contribution in [2.75, 3.05) is 24.6 Å². The molecule has 0 N–H and O–H groups in total. The lowest BCUT2D eigenvalue weighted by Gasteiger charge is -2.33. The number of rotatable bonds is 4. The average Bonchev–Trinajstić information content (AvgIpc) is 2.47. The first kappa shape index (κ1) is 16.4. The number of nitrogens with zero attached hydrogens (tertiary/aromatic N) is 1. The summed E-state index contributed by atoms with van der Waals surface area (Å²) in [6.45, 7) is 4.08. The molecule has 0 aliphatic carbocycles. The molecule has 0 amide bonds. The van der Waals surface area contributed by atoms with Crippen LogP contribution < -0.4 is 4.90 Å². The molecule has 1 fully saturated rings. The van der Waals surface area contributed by atoms with E-state index in [9.17, 15) is 18.4 Å². The van der Waals surface area contributed by atoms with Crippen LogP contribution in [0.3, 0.4) is 0 Å². The monoisotopic (exact) mass is 311 g/mol.